The minimum absolute atomic E-state index is 0.439. The quantitative estimate of drug-likeness (QED) is 0.468. The van der Waals surface area contributed by atoms with Crippen LogP contribution in [0.3, 0.4) is 0 Å². The largest absolute Gasteiger partial charge is 0.404 e. The van der Waals surface area contributed by atoms with Crippen molar-refractivity contribution in [1.29, 1.82) is 5.26 Å². The van der Waals surface area contributed by atoms with E-state index in [4.69, 9.17) is 9.57 Å². The lowest BCUT2D eigenvalue weighted by atomic mass is 9.97. The highest BCUT2D eigenvalue weighted by atomic mass is 16.7. The summed E-state index contributed by atoms with van der Waals surface area (Å²) < 4.78 is 5.35. The van der Waals surface area contributed by atoms with E-state index in [0.717, 1.165) is 33.5 Å². The topological polar surface area (TPSA) is 107 Å². The SMILES string of the molecule is CC(C)(O)c1ccc(-c2cc3c(-c4ccc(ON5CCOCC5)c(C#N)c4)ncnc3[nH]2)cc1. The van der Waals surface area contributed by atoms with Crippen LogP contribution in [0, 0.1) is 11.3 Å². The van der Waals surface area contributed by atoms with Crippen LogP contribution in [-0.2, 0) is 10.3 Å². The second-order valence-electron chi connectivity index (χ2n) is 8.76. The minimum Gasteiger partial charge on any atom is -0.404 e. The molecule has 0 atom stereocenters. The van der Waals surface area contributed by atoms with Crippen LogP contribution < -0.4 is 4.84 Å². The number of rotatable bonds is 5. The van der Waals surface area contributed by atoms with Crippen molar-refractivity contribution < 1.29 is 14.7 Å². The average Bonchev–Trinajstić information content (AvgIpc) is 3.29. The van der Waals surface area contributed by atoms with Gasteiger partial charge in [0, 0.05) is 16.6 Å². The molecule has 1 aliphatic heterocycles. The Morgan fingerprint density at radius 3 is 2.50 bits per heavy atom. The van der Waals surface area contributed by atoms with Crippen LogP contribution in [0.1, 0.15) is 25.0 Å². The lowest BCUT2D eigenvalue weighted by Crippen LogP contribution is -2.38. The summed E-state index contributed by atoms with van der Waals surface area (Å²) >= 11 is 0. The molecule has 2 aromatic carbocycles. The summed E-state index contributed by atoms with van der Waals surface area (Å²) in [5.74, 6) is 0.514. The Labute approximate surface area is 197 Å². The Morgan fingerprint density at radius 1 is 1.06 bits per heavy atom. The predicted octanol–water partition coefficient (Wildman–Crippen LogP) is 4.02. The molecule has 0 radical (unpaired) electrons. The summed E-state index contributed by atoms with van der Waals surface area (Å²) in [7, 11) is 0. The lowest BCUT2D eigenvalue weighted by molar-refractivity contribution is -0.118. The number of aliphatic hydroxyl groups is 1. The van der Waals surface area contributed by atoms with Crippen molar-refractivity contribution in [3.05, 3.63) is 66.0 Å². The van der Waals surface area contributed by atoms with Gasteiger partial charge in [-0.15, -0.1) is 5.06 Å². The number of hydroxylamine groups is 2. The first-order valence-electron chi connectivity index (χ1n) is 11.1. The Balaban J connectivity index is 1.48. The van der Waals surface area contributed by atoms with E-state index in [1.807, 2.05) is 41.5 Å². The fraction of sp³-hybridized carbons (Fsp3) is 0.269. The molecule has 8 nitrogen and oxygen atoms in total. The molecule has 2 N–H and O–H groups in total. The van der Waals surface area contributed by atoms with Crippen molar-refractivity contribution in [2.24, 2.45) is 0 Å². The molecule has 0 bridgehead atoms. The number of nitriles is 1. The number of aromatic amines is 1. The molecule has 0 aliphatic carbocycles. The van der Waals surface area contributed by atoms with E-state index in [0.29, 0.717) is 43.3 Å². The Morgan fingerprint density at radius 2 is 1.79 bits per heavy atom. The summed E-state index contributed by atoms with van der Waals surface area (Å²) in [5.41, 5.74) is 4.50. The Hall–Kier alpha value is -3.77. The number of benzene rings is 2. The maximum Gasteiger partial charge on any atom is 0.165 e. The van der Waals surface area contributed by atoms with E-state index in [2.05, 4.69) is 21.0 Å². The van der Waals surface area contributed by atoms with Gasteiger partial charge in [0.15, 0.2) is 5.75 Å². The van der Waals surface area contributed by atoms with Gasteiger partial charge in [0.05, 0.1) is 43.2 Å². The van der Waals surface area contributed by atoms with Gasteiger partial charge in [0.25, 0.3) is 0 Å². The zero-order valence-electron chi connectivity index (χ0n) is 19.1. The molecule has 8 heteroatoms. The monoisotopic (exact) mass is 455 g/mol. The van der Waals surface area contributed by atoms with E-state index in [1.165, 1.54) is 6.33 Å². The molecule has 0 amide bonds. The summed E-state index contributed by atoms with van der Waals surface area (Å²) in [4.78, 5) is 18.2. The first-order valence-corrected chi connectivity index (χ1v) is 11.1. The molecule has 1 fully saturated rings. The molecule has 172 valence electrons. The van der Waals surface area contributed by atoms with E-state index in [1.54, 1.807) is 26.0 Å². The summed E-state index contributed by atoms with van der Waals surface area (Å²) in [6.07, 6.45) is 1.51. The molecule has 0 spiro atoms. The lowest BCUT2D eigenvalue weighted by Gasteiger charge is -2.26. The third-order valence-corrected chi connectivity index (χ3v) is 5.90. The second-order valence-corrected chi connectivity index (χ2v) is 8.76. The van der Waals surface area contributed by atoms with Crippen molar-refractivity contribution in [2.75, 3.05) is 26.3 Å². The van der Waals surface area contributed by atoms with Crippen LogP contribution in [0.25, 0.3) is 33.5 Å². The summed E-state index contributed by atoms with van der Waals surface area (Å²) in [6.45, 7) is 6.05. The number of morpholine rings is 1. The van der Waals surface area contributed by atoms with Gasteiger partial charge in [-0.3, -0.25) is 0 Å². The van der Waals surface area contributed by atoms with Gasteiger partial charge in [-0.05, 0) is 49.2 Å². The number of hydrogen-bond donors (Lipinski definition) is 2. The zero-order chi connectivity index (χ0) is 23.7. The maximum absolute atomic E-state index is 10.2. The van der Waals surface area contributed by atoms with Gasteiger partial charge in [-0.1, -0.05) is 24.3 Å². The normalized spacial score (nSPS) is 14.8. The first kappa shape index (κ1) is 22.0. The third-order valence-electron chi connectivity index (χ3n) is 5.90. The van der Waals surface area contributed by atoms with Gasteiger partial charge >= 0.3 is 0 Å². The highest BCUT2D eigenvalue weighted by Crippen LogP contribution is 2.33. The second kappa shape index (κ2) is 8.88. The molecule has 1 aliphatic rings. The van der Waals surface area contributed by atoms with Crippen molar-refractivity contribution >= 4 is 11.0 Å². The van der Waals surface area contributed by atoms with Crippen molar-refractivity contribution in [1.82, 2.24) is 20.0 Å². The van der Waals surface area contributed by atoms with E-state index in [-0.39, 0.29) is 0 Å². The van der Waals surface area contributed by atoms with Crippen LogP contribution in [-0.4, -0.2) is 51.4 Å². The molecule has 2 aromatic heterocycles. The third kappa shape index (κ3) is 4.37. The minimum atomic E-state index is -0.895. The van der Waals surface area contributed by atoms with E-state index < -0.39 is 5.60 Å². The molecular weight excluding hydrogens is 430 g/mol. The molecule has 0 saturated carbocycles. The number of nitrogens with one attached hydrogen (secondary N) is 1. The van der Waals surface area contributed by atoms with Crippen molar-refractivity contribution in [3.63, 3.8) is 0 Å². The highest BCUT2D eigenvalue weighted by Gasteiger charge is 2.18. The van der Waals surface area contributed by atoms with Crippen molar-refractivity contribution in [2.45, 2.75) is 19.4 Å². The first-order chi connectivity index (χ1) is 16.4. The number of nitrogens with zero attached hydrogens (tertiary/aromatic N) is 4. The number of aromatic nitrogens is 3. The Bertz CT molecular complexity index is 1360. The van der Waals surface area contributed by atoms with Gasteiger partial charge in [-0.25, -0.2) is 9.97 Å². The molecule has 5 rings (SSSR count). The van der Waals surface area contributed by atoms with Gasteiger partial charge in [0.1, 0.15) is 18.0 Å². The van der Waals surface area contributed by atoms with Gasteiger partial charge < -0.3 is 19.7 Å². The molecule has 0 unspecified atom stereocenters. The standard InChI is InChI=1S/C26H25N5O3/c1-26(2,32)20-6-3-17(4-7-20)22-14-21-24(28-16-29-25(21)30-22)18-5-8-23(19(13-18)15-27)34-31-9-11-33-12-10-31/h3-8,13-14,16,32H,9-12H2,1-2H3,(H,28,29,30). The fourth-order valence-electron chi connectivity index (χ4n) is 4.00. The van der Waals surface area contributed by atoms with Crippen LogP contribution in [0.4, 0.5) is 0 Å². The fourth-order valence-corrected chi connectivity index (χ4v) is 4.00. The molecule has 3 heterocycles. The van der Waals surface area contributed by atoms with Gasteiger partial charge in [0.2, 0.25) is 0 Å². The maximum atomic E-state index is 10.2. The zero-order valence-corrected chi connectivity index (χ0v) is 19.1. The highest BCUT2D eigenvalue weighted by molar-refractivity contribution is 5.94. The predicted molar refractivity (Wildman–Crippen MR) is 128 cm³/mol. The molecular formula is C26H25N5O3. The summed E-state index contributed by atoms with van der Waals surface area (Å²) in [6, 6.07) is 17.5. The van der Waals surface area contributed by atoms with Crippen LogP contribution >= 0.6 is 0 Å². The van der Waals surface area contributed by atoms with Crippen LogP contribution in [0.5, 0.6) is 5.75 Å². The van der Waals surface area contributed by atoms with Crippen molar-refractivity contribution in [3.8, 4) is 34.3 Å². The number of hydrogen-bond acceptors (Lipinski definition) is 7. The van der Waals surface area contributed by atoms with E-state index >= 15 is 0 Å². The van der Waals surface area contributed by atoms with Crippen LogP contribution in [0.2, 0.25) is 0 Å². The number of H-pyrrole nitrogens is 1. The molecule has 1 saturated heterocycles. The summed E-state index contributed by atoms with van der Waals surface area (Å²) in [5, 5.41) is 22.6. The molecule has 34 heavy (non-hydrogen) atoms. The average molecular weight is 456 g/mol. The number of fused-ring (bicyclic) bond motifs is 1. The van der Waals surface area contributed by atoms with Crippen LogP contribution in [0.15, 0.2) is 54.9 Å². The number of ether oxygens (including phenoxy) is 1. The van der Waals surface area contributed by atoms with Gasteiger partial charge in [-0.2, -0.15) is 5.26 Å². The smallest absolute Gasteiger partial charge is 0.165 e. The molecule has 4 aromatic rings. The Kier molecular flexibility index (Phi) is 5.75. The van der Waals surface area contributed by atoms with E-state index in [9.17, 15) is 10.4 Å².